The molecule has 0 saturated carbocycles. The van der Waals surface area contributed by atoms with Crippen LogP contribution in [0.4, 0.5) is 8.78 Å². The Balaban J connectivity index is 0.00000136. The highest BCUT2D eigenvalue weighted by molar-refractivity contribution is 6.29. The number of pyridine rings is 3. The normalized spacial score (nSPS) is 10.2. The summed E-state index contributed by atoms with van der Waals surface area (Å²) >= 11 is 5.93. The summed E-state index contributed by atoms with van der Waals surface area (Å²) in [5.41, 5.74) is 1.62. The quantitative estimate of drug-likeness (QED) is 0.584. The third kappa shape index (κ3) is 4.92. The highest BCUT2D eigenvalue weighted by Gasteiger charge is 2.12. The van der Waals surface area contributed by atoms with Gasteiger partial charge in [-0.2, -0.15) is 0 Å². The van der Waals surface area contributed by atoms with Crippen molar-refractivity contribution in [3.05, 3.63) is 80.8 Å². The molecular formula is C20H20ClF2N3O2. The Hall–Kier alpha value is -2.80. The van der Waals surface area contributed by atoms with E-state index in [1.807, 2.05) is 20.8 Å². The fourth-order valence-electron chi connectivity index (χ4n) is 2.49. The molecular weight excluding hydrogens is 388 g/mol. The van der Waals surface area contributed by atoms with Crippen molar-refractivity contribution in [3.63, 3.8) is 0 Å². The van der Waals surface area contributed by atoms with Crippen LogP contribution in [0.25, 0.3) is 5.69 Å². The van der Waals surface area contributed by atoms with Crippen molar-refractivity contribution in [3.8, 4) is 11.4 Å². The summed E-state index contributed by atoms with van der Waals surface area (Å²) in [5.74, 6) is -1.32. The second-order valence-corrected chi connectivity index (χ2v) is 6.06. The molecule has 0 bridgehead atoms. The van der Waals surface area contributed by atoms with Gasteiger partial charge in [0.05, 0.1) is 11.9 Å². The van der Waals surface area contributed by atoms with Crippen molar-refractivity contribution in [1.82, 2.24) is 14.5 Å². The Labute approximate surface area is 166 Å². The van der Waals surface area contributed by atoms with Crippen LogP contribution in [-0.2, 0) is 6.61 Å². The Morgan fingerprint density at radius 2 is 1.79 bits per heavy atom. The lowest BCUT2D eigenvalue weighted by Gasteiger charge is -2.14. The lowest BCUT2D eigenvalue weighted by molar-refractivity contribution is 0.292. The zero-order valence-corrected chi connectivity index (χ0v) is 16.7. The van der Waals surface area contributed by atoms with E-state index in [-0.39, 0.29) is 28.8 Å². The maximum atomic E-state index is 13.6. The average molecular weight is 408 g/mol. The molecule has 0 fully saturated rings. The summed E-state index contributed by atoms with van der Waals surface area (Å²) in [7, 11) is 0. The molecule has 0 aromatic carbocycles. The van der Waals surface area contributed by atoms with Crippen molar-refractivity contribution >= 4 is 11.6 Å². The van der Waals surface area contributed by atoms with Crippen molar-refractivity contribution in [1.29, 1.82) is 0 Å². The van der Waals surface area contributed by atoms with Gasteiger partial charge >= 0.3 is 0 Å². The smallest absolute Gasteiger partial charge is 0.259 e. The van der Waals surface area contributed by atoms with E-state index >= 15 is 0 Å². The van der Waals surface area contributed by atoms with Gasteiger partial charge in [-0.25, -0.2) is 13.8 Å². The number of aryl methyl sites for hydroxylation is 2. The molecule has 0 aliphatic carbocycles. The molecule has 0 N–H and O–H groups in total. The van der Waals surface area contributed by atoms with E-state index in [1.165, 1.54) is 10.6 Å². The van der Waals surface area contributed by atoms with Crippen molar-refractivity contribution in [2.24, 2.45) is 0 Å². The number of hydrogen-bond acceptors (Lipinski definition) is 4. The van der Waals surface area contributed by atoms with E-state index in [2.05, 4.69) is 9.97 Å². The molecule has 148 valence electrons. The lowest BCUT2D eigenvalue weighted by Crippen LogP contribution is -2.21. The maximum Gasteiger partial charge on any atom is 0.259 e. The average Bonchev–Trinajstić information content (AvgIpc) is 2.65. The summed E-state index contributed by atoms with van der Waals surface area (Å²) in [5, 5.41) is 0.273. The summed E-state index contributed by atoms with van der Waals surface area (Å²) in [6.07, 6.45) is 2.48. The molecule has 0 aliphatic rings. The van der Waals surface area contributed by atoms with E-state index in [0.717, 1.165) is 17.8 Å². The number of aromatic nitrogens is 3. The van der Waals surface area contributed by atoms with Crippen LogP contribution in [0.15, 0.2) is 41.5 Å². The van der Waals surface area contributed by atoms with Gasteiger partial charge in [-0.3, -0.25) is 14.3 Å². The molecule has 8 heteroatoms. The van der Waals surface area contributed by atoms with Crippen molar-refractivity contribution in [2.75, 3.05) is 0 Å². The van der Waals surface area contributed by atoms with Gasteiger partial charge < -0.3 is 4.74 Å². The van der Waals surface area contributed by atoms with Crippen LogP contribution >= 0.6 is 11.6 Å². The van der Waals surface area contributed by atoms with Crippen LogP contribution in [0.1, 0.15) is 30.8 Å². The summed E-state index contributed by atoms with van der Waals surface area (Å²) in [6, 6.07) is 5.24. The Morgan fingerprint density at radius 3 is 2.43 bits per heavy atom. The maximum absolute atomic E-state index is 13.6. The summed E-state index contributed by atoms with van der Waals surface area (Å²) in [4.78, 5) is 20.1. The molecule has 0 amide bonds. The molecule has 3 rings (SSSR count). The zero-order valence-electron chi connectivity index (χ0n) is 16.0. The lowest BCUT2D eigenvalue weighted by atomic mass is 10.2. The van der Waals surface area contributed by atoms with Gasteiger partial charge in [0, 0.05) is 30.1 Å². The second kappa shape index (κ2) is 9.41. The predicted octanol–water partition coefficient (Wildman–Crippen LogP) is 4.78. The van der Waals surface area contributed by atoms with Crippen LogP contribution in [-0.4, -0.2) is 14.5 Å². The molecule has 0 radical (unpaired) electrons. The van der Waals surface area contributed by atoms with E-state index < -0.39 is 11.6 Å². The van der Waals surface area contributed by atoms with Gasteiger partial charge in [0.15, 0.2) is 5.82 Å². The highest BCUT2D eigenvalue weighted by Crippen LogP contribution is 2.20. The van der Waals surface area contributed by atoms with E-state index in [9.17, 15) is 13.6 Å². The number of hydrogen-bond donors (Lipinski definition) is 0. The van der Waals surface area contributed by atoms with Crippen LogP contribution in [0.2, 0.25) is 5.15 Å². The first-order chi connectivity index (χ1) is 13.3. The minimum absolute atomic E-state index is 0.0509. The molecule has 0 saturated heterocycles. The van der Waals surface area contributed by atoms with Gasteiger partial charge in [-0.1, -0.05) is 25.4 Å². The van der Waals surface area contributed by atoms with Crippen LogP contribution in [0, 0.1) is 25.5 Å². The van der Waals surface area contributed by atoms with Crippen LogP contribution in [0.3, 0.4) is 0 Å². The minimum Gasteiger partial charge on any atom is -0.487 e. The fraction of sp³-hybridized carbons (Fsp3) is 0.250. The standard InChI is InChI=1S/C18H14ClF2N3O2.C2H6/c1-10-7-23-17(19)6-16(10)24-11(2)3-13(5-18(24)25)26-9-15-14(21)4-12(20)8-22-15;1-2/h3-8H,9H2,1-2H3;1-2H3. The topological polar surface area (TPSA) is 57.0 Å². The minimum atomic E-state index is -0.808. The van der Waals surface area contributed by atoms with Gasteiger partial charge in [0.2, 0.25) is 0 Å². The third-order valence-corrected chi connectivity index (χ3v) is 3.94. The molecule has 0 aliphatic heterocycles. The number of nitrogens with zero attached hydrogens (tertiary/aromatic N) is 3. The van der Waals surface area contributed by atoms with Crippen LogP contribution < -0.4 is 10.3 Å². The molecule has 0 spiro atoms. The van der Waals surface area contributed by atoms with E-state index in [0.29, 0.717) is 11.4 Å². The number of ether oxygens (including phenoxy) is 1. The van der Waals surface area contributed by atoms with E-state index in [4.69, 9.17) is 16.3 Å². The number of rotatable bonds is 4. The Kier molecular flexibility index (Phi) is 7.23. The molecule has 5 nitrogen and oxygen atoms in total. The first-order valence-corrected chi connectivity index (χ1v) is 9.02. The number of halogens is 3. The molecule has 0 atom stereocenters. The first-order valence-electron chi connectivity index (χ1n) is 8.64. The zero-order chi connectivity index (χ0) is 20.8. The third-order valence-electron chi connectivity index (χ3n) is 3.73. The predicted molar refractivity (Wildman–Crippen MR) is 104 cm³/mol. The molecule has 0 unspecified atom stereocenters. The van der Waals surface area contributed by atoms with E-state index in [1.54, 1.807) is 25.3 Å². The molecule has 28 heavy (non-hydrogen) atoms. The largest absolute Gasteiger partial charge is 0.487 e. The summed E-state index contributed by atoms with van der Waals surface area (Å²) < 4.78 is 33.4. The van der Waals surface area contributed by atoms with Gasteiger partial charge in [0.1, 0.15) is 29.0 Å². The summed E-state index contributed by atoms with van der Waals surface area (Å²) in [6.45, 7) is 7.33. The van der Waals surface area contributed by atoms with Gasteiger partial charge in [-0.15, -0.1) is 0 Å². The van der Waals surface area contributed by atoms with Gasteiger partial charge in [-0.05, 0) is 25.5 Å². The van der Waals surface area contributed by atoms with Gasteiger partial charge in [0.25, 0.3) is 5.56 Å². The Bertz CT molecular complexity index is 1040. The first kappa shape index (κ1) is 21.5. The molecule has 3 aromatic heterocycles. The molecule has 3 aromatic rings. The molecule has 3 heterocycles. The van der Waals surface area contributed by atoms with Crippen molar-refractivity contribution < 1.29 is 13.5 Å². The Morgan fingerprint density at radius 1 is 1.07 bits per heavy atom. The van der Waals surface area contributed by atoms with Crippen molar-refractivity contribution in [2.45, 2.75) is 34.3 Å². The SMILES string of the molecule is CC.Cc1cnc(Cl)cc1-n1c(C)cc(OCc2ncc(F)cc2F)cc1=O. The highest BCUT2D eigenvalue weighted by atomic mass is 35.5. The second-order valence-electron chi connectivity index (χ2n) is 5.67. The monoisotopic (exact) mass is 407 g/mol. The van der Waals surface area contributed by atoms with Crippen LogP contribution in [0.5, 0.6) is 5.75 Å². The fourth-order valence-corrected chi connectivity index (χ4v) is 2.65.